The average Bonchev–Trinajstić information content (AvgIpc) is 3.56. The molecule has 3 rings (SSSR count). The minimum absolute atomic E-state index is 0.223. The van der Waals surface area contributed by atoms with E-state index in [1.54, 1.807) is 0 Å². The molecule has 1 aromatic rings. The highest BCUT2D eigenvalue weighted by molar-refractivity contribution is 7.60. The number of hydrogen-bond donors (Lipinski definition) is 6. The standard InChI is InChI=1S/C11H16N2O11P2.2C6H15N/c14-7-1-2-13(10(17)12-7)11-3-6(11)5(8(15)9(11)16)4-23-26(21,22)24-25(18,19)20;2*1-4-7(5-2)6-3/h1-2,5-6,8-9,15-16H,3-4H2,(H,21,22)(H,12,14,17)(H2,18,19,20);2*4-6H2,1-3H3/t5-,6-,8+,9+,11+;;/m0../s1. The Labute approximate surface area is 234 Å². The Hall–Kier alpha value is -1.22. The molecule has 0 radical (unpaired) electrons. The predicted molar refractivity (Wildman–Crippen MR) is 149 cm³/mol. The number of nitrogens with zero attached hydrogens (tertiary/aromatic N) is 3. The van der Waals surface area contributed by atoms with Gasteiger partial charge in [-0.2, -0.15) is 4.31 Å². The van der Waals surface area contributed by atoms with Crippen molar-refractivity contribution in [3.63, 3.8) is 0 Å². The van der Waals surface area contributed by atoms with Crippen LogP contribution in [0.15, 0.2) is 21.9 Å². The summed E-state index contributed by atoms with van der Waals surface area (Å²) < 4.78 is 31.4. The van der Waals surface area contributed by atoms with Gasteiger partial charge in [0, 0.05) is 18.2 Å². The van der Waals surface area contributed by atoms with Gasteiger partial charge in [-0.25, -0.2) is 13.9 Å². The third kappa shape index (κ3) is 9.95. The first-order valence-electron chi connectivity index (χ1n) is 13.4. The summed E-state index contributed by atoms with van der Waals surface area (Å²) in [7, 11) is -10.4. The first-order valence-corrected chi connectivity index (χ1v) is 16.5. The Morgan fingerprint density at radius 1 is 0.950 bits per heavy atom. The number of aliphatic hydroxyl groups excluding tert-OH is 2. The van der Waals surface area contributed by atoms with Crippen LogP contribution in [0.25, 0.3) is 0 Å². The Morgan fingerprint density at radius 3 is 1.80 bits per heavy atom. The fourth-order valence-corrected chi connectivity index (χ4v) is 6.61. The zero-order valence-corrected chi connectivity index (χ0v) is 25.8. The van der Waals surface area contributed by atoms with Crippen molar-refractivity contribution in [3.05, 3.63) is 33.1 Å². The van der Waals surface area contributed by atoms with Crippen LogP contribution in [-0.2, 0) is 23.5 Å². The molecular formula is C23H46N4O11P2. The van der Waals surface area contributed by atoms with Gasteiger partial charge in [-0.05, 0) is 51.6 Å². The molecule has 0 bridgehead atoms. The van der Waals surface area contributed by atoms with Crippen LogP contribution in [-0.4, -0.2) is 102 Å². The highest BCUT2D eigenvalue weighted by Gasteiger charge is 2.72. The second-order valence-electron chi connectivity index (χ2n) is 9.46. The Morgan fingerprint density at radius 2 is 1.43 bits per heavy atom. The van der Waals surface area contributed by atoms with Gasteiger partial charge in [0.1, 0.15) is 6.10 Å². The minimum Gasteiger partial charge on any atom is -0.390 e. The smallest absolute Gasteiger partial charge is 0.390 e. The maximum Gasteiger partial charge on any atom is 0.481 e. The lowest BCUT2D eigenvalue weighted by atomic mass is 10.0. The highest BCUT2D eigenvalue weighted by atomic mass is 31.3. The van der Waals surface area contributed by atoms with Crippen molar-refractivity contribution in [1.29, 1.82) is 0 Å². The maximum absolute atomic E-state index is 12.0. The van der Waals surface area contributed by atoms with Crippen LogP contribution in [0.2, 0.25) is 0 Å². The lowest BCUT2D eigenvalue weighted by molar-refractivity contribution is -0.0281. The molecule has 0 spiro atoms. The molecule has 2 aliphatic rings. The van der Waals surface area contributed by atoms with Crippen LogP contribution < -0.4 is 11.2 Å². The van der Waals surface area contributed by atoms with E-state index in [2.05, 4.69) is 60.2 Å². The van der Waals surface area contributed by atoms with Crippen LogP contribution in [0.5, 0.6) is 0 Å². The molecule has 234 valence electrons. The molecule has 15 nitrogen and oxygen atoms in total. The fraction of sp³-hybridized carbons (Fsp3) is 0.826. The van der Waals surface area contributed by atoms with E-state index in [4.69, 9.17) is 9.79 Å². The Balaban J connectivity index is 0.000000473. The molecule has 6 N–H and O–H groups in total. The number of nitrogens with one attached hydrogen (secondary N) is 1. The van der Waals surface area contributed by atoms with Crippen molar-refractivity contribution >= 4 is 15.6 Å². The number of rotatable bonds is 12. The third-order valence-corrected chi connectivity index (χ3v) is 9.57. The molecular weight excluding hydrogens is 570 g/mol. The van der Waals surface area contributed by atoms with Crippen LogP contribution in [0.1, 0.15) is 48.0 Å². The molecule has 0 amide bonds. The summed E-state index contributed by atoms with van der Waals surface area (Å²) in [4.78, 5) is 56.4. The van der Waals surface area contributed by atoms with Gasteiger partial charge in [-0.3, -0.25) is 18.9 Å². The van der Waals surface area contributed by atoms with Crippen molar-refractivity contribution in [2.75, 3.05) is 45.9 Å². The average molecular weight is 617 g/mol. The second kappa shape index (κ2) is 15.9. The predicted octanol–water partition coefficient (Wildman–Crippen LogP) is 0.526. The van der Waals surface area contributed by atoms with Crippen molar-refractivity contribution in [2.45, 2.75) is 65.7 Å². The van der Waals surface area contributed by atoms with Gasteiger partial charge in [0.15, 0.2) is 0 Å². The number of hydrogen-bond acceptors (Lipinski definition) is 10. The van der Waals surface area contributed by atoms with Crippen LogP contribution in [0.3, 0.4) is 0 Å². The van der Waals surface area contributed by atoms with Gasteiger partial charge in [-0.1, -0.05) is 41.5 Å². The largest absolute Gasteiger partial charge is 0.481 e. The van der Waals surface area contributed by atoms with Crippen LogP contribution >= 0.6 is 15.6 Å². The topological polar surface area (TPSA) is 215 Å². The molecule has 1 unspecified atom stereocenters. The van der Waals surface area contributed by atoms with E-state index >= 15 is 0 Å². The molecule has 17 heteroatoms. The van der Waals surface area contributed by atoms with E-state index in [1.807, 2.05) is 4.98 Å². The van der Waals surface area contributed by atoms with E-state index in [1.165, 1.54) is 45.5 Å². The molecule has 0 saturated heterocycles. The number of aromatic nitrogens is 2. The summed E-state index contributed by atoms with van der Waals surface area (Å²) >= 11 is 0. The molecule has 1 aromatic heterocycles. The molecule has 6 atom stereocenters. The number of phosphoric ester groups is 1. The third-order valence-electron chi connectivity index (χ3n) is 7.42. The zero-order valence-electron chi connectivity index (χ0n) is 24.0. The quantitative estimate of drug-likeness (QED) is 0.177. The van der Waals surface area contributed by atoms with E-state index in [0.29, 0.717) is 0 Å². The number of H-pyrrole nitrogens is 1. The molecule has 0 aromatic carbocycles. The van der Waals surface area contributed by atoms with Gasteiger partial charge in [0.25, 0.3) is 5.56 Å². The van der Waals surface area contributed by atoms with Crippen molar-refractivity contribution in [1.82, 2.24) is 19.4 Å². The number of aliphatic hydroxyl groups is 2. The maximum atomic E-state index is 12.0. The number of phosphoric acid groups is 2. The van der Waals surface area contributed by atoms with Crippen molar-refractivity contribution in [3.8, 4) is 0 Å². The van der Waals surface area contributed by atoms with E-state index in [9.17, 15) is 33.8 Å². The monoisotopic (exact) mass is 616 g/mol. The van der Waals surface area contributed by atoms with Crippen LogP contribution in [0.4, 0.5) is 0 Å². The minimum atomic E-state index is -5.28. The zero-order chi connectivity index (χ0) is 30.9. The van der Waals surface area contributed by atoms with Gasteiger partial charge in [-0.15, -0.1) is 0 Å². The van der Waals surface area contributed by atoms with Crippen LogP contribution in [0, 0.1) is 11.8 Å². The molecule has 40 heavy (non-hydrogen) atoms. The molecule has 2 saturated carbocycles. The fourth-order valence-electron chi connectivity index (χ4n) is 4.98. The summed E-state index contributed by atoms with van der Waals surface area (Å²) in [5.41, 5.74) is -2.63. The lowest BCUT2D eigenvalue weighted by Gasteiger charge is -2.24. The summed E-state index contributed by atoms with van der Waals surface area (Å²) in [5.74, 6) is -1.45. The van der Waals surface area contributed by atoms with Crippen molar-refractivity contribution in [2.24, 2.45) is 11.8 Å². The summed E-state index contributed by atoms with van der Waals surface area (Å²) in [5, 5.41) is 20.5. The molecule has 2 fully saturated rings. The van der Waals surface area contributed by atoms with Gasteiger partial charge in [0.2, 0.25) is 0 Å². The van der Waals surface area contributed by atoms with E-state index < -0.39 is 63.1 Å². The lowest BCUT2D eigenvalue weighted by Crippen LogP contribution is -2.44. The summed E-state index contributed by atoms with van der Waals surface area (Å²) in [6, 6.07) is 1.07. The van der Waals surface area contributed by atoms with Gasteiger partial charge in [0.05, 0.1) is 18.2 Å². The number of fused-ring (bicyclic) bond motifs is 1. The summed E-state index contributed by atoms with van der Waals surface area (Å²) in [6.45, 7) is 19.6. The first-order chi connectivity index (χ1) is 18.6. The Bertz CT molecular complexity index is 1100. The van der Waals surface area contributed by atoms with E-state index in [-0.39, 0.29) is 6.42 Å². The van der Waals surface area contributed by atoms with E-state index in [0.717, 1.165) is 10.6 Å². The SMILES string of the molecule is CCN(CC)CC.CCN(CC)CC.O=c1ccn([C@]23C[C@H]2[C@H](COP(=O)(O)OP(=O)(O)O)[C@@H](O)[C@H]3O)c(=O)[nH]1. The normalized spacial score (nSPS) is 26.8. The molecule has 1 heterocycles. The highest BCUT2D eigenvalue weighted by Crippen LogP contribution is 2.65. The van der Waals surface area contributed by atoms with Gasteiger partial charge >= 0.3 is 21.3 Å². The van der Waals surface area contributed by atoms with Gasteiger partial charge < -0.3 is 34.7 Å². The first kappa shape index (κ1) is 36.8. The Kier molecular flexibility index (Phi) is 14.6. The molecule has 2 aliphatic carbocycles. The summed E-state index contributed by atoms with van der Waals surface area (Å²) in [6.07, 6.45) is -1.47. The number of aromatic amines is 1. The second-order valence-corrected chi connectivity index (χ2v) is 12.3. The van der Waals surface area contributed by atoms with Crippen molar-refractivity contribution < 1.29 is 42.9 Å². The molecule has 0 aliphatic heterocycles.